The molecule has 0 aliphatic heterocycles. The summed E-state index contributed by atoms with van der Waals surface area (Å²) < 4.78 is 6.08. The van der Waals surface area contributed by atoms with Crippen molar-refractivity contribution in [3.63, 3.8) is 0 Å². The van der Waals surface area contributed by atoms with Crippen molar-refractivity contribution in [2.75, 3.05) is 0 Å². The Bertz CT molecular complexity index is 1060. The minimum absolute atomic E-state index is 0.523. The highest BCUT2D eigenvalue weighted by molar-refractivity contribution is 5.65. The van der Waals surface area contributed by atoms with Crippen molar-refractivity contribution in [2.45, 2.75) is 6.61 Å². The highest BCUT2D eigenvalue weighted by Crippen LogP contribution is 2.27. The Kier molecular flexibility index (Phi) is 4.01. The summed E-state index contributed by atoms with van der Waals surface area (Å²) in [5.74, 6) is 0.814. The molecular weight excluding hydrogens is 310 g/mol. The minimum atomic E-state index is 0.523. The molecule has 25 heavy (non-hydrogen) atoms. The van der Waals surface area contributed by atoms with Gasteiger partial charge in [0.2, 0.25) is 0 Å². The summed E-state index contributed by atoms with van der Waals surface area (Å²) in [5, 5.41) is 1.86. The van der Waals surface area contributed by atoms with Gasteiger partial charge in [0.25, 0.3) is 0 Å². The molecule has 0 aliphatic rings. The van der Waals surface area contributed by atoms with E-state index in [9.17, 15) is 0 Å². The normalized spacial score (nSPS) is 11.8. The molecule has 3 aromatic heterocycles. The van der Waals surface area contributed by atoms with Crippen LogP contribution in [0.5, 0.6) is 5.75 Å². The molecule has 0 fully saturated rings. The van der Waals surface area contributed by atoms with Gasteiger partial charge in [-0.1, -0.05) is 36.9 Å². The van der Waals surface area contributed by atoms with Crippen LogP contribution in [0.2, 0.25) is 0 Å². The Labute approximate surface area is 145 Å². The number of benzene rings is 1. The largest absolute Gasteiger partial charge is 0.487 e. The van der Waals surface area contributed by atoms with Gasteiger partial charge in [0.1, 0.15) is 12.4 Å². The lowest BCUT2D eigenvalue weighted by Gasteiger charge is -2.05. The first-order valence-corrected chi connectivity index (χ1v) is 8.17. The molecule has 4 aromatic rings. The number of aromatic nitrogens is 3. The van der Waals surface area contributed by atoms with Crippen LogP contribution in [0, 0.1) is 0 Å². The molecule has 0 saturated heterocycles. The van der Waals surface area contributed by atoms with E-state index < -0.39 is 0 Å². The van der Waals surface area contributed by atoms with E-state index in [1.54, 1.807) is 0 Å². The lowest BCUT2D eigenvalue weighted by Crippen LogP contribution is -2.07. The van der Waals surface area contributed by atoms with Crippen molar-refractivity contribution in [1.82, 2.24) is 15.0 Å². The first-order chi connectivity index (χ1) is 12.3. The summed E-state index contributed by atoms with van der Waals surface area (Å²) in [4.78, 5) is 9.86. The Hall–Kier alpha value is -3.40. The van der Waals surface area contributed by atoms with Crippen molar-refractivity contribution in [2.24, 2.45) is 0 Å². The second-order valence-electron chi connectivity index (χ2n) is 5.90. The molecule has 0 unspecified atom stereocenters. The van der Waals surface area contributed by atoms with Crippen LogP contribution >= 0.6 is 0 Å². The van der Waals surface area contributed by atoms with E-state index in [-0.39, 0.29) is 0 Å². The Morgan fingerprint density at radius 3 is 2.52 bits per heavy atom. The summed E-state index contributed by atoms with van der Waals surface area (Å²) in [6.07, 6.45) is 3.94. The fourth-order valence-corrected chi connectivity index (χ4v) is 2.76. The maximum atomic E-state index is 6.08. The van der Waals surface area contributed by atoms with Crippen molar-refractivity contribution < 1.29 is 4.74 Å². The zero-order chi connectivity index (χ0) is 17.1. The van der Waals surface area contributed by atoms with E-state index in [1.165, 1.54) is 0 Å². The zero-order valence-electron chi connectivity index (χ0n) is 13.8. The van der Waals surface area contributed by atoms with E-state index >= 15 is 0 Å². The summed E-state index contributed by atoms with van der Waals surface area (Å²) in [6, 6.07) is 20.1. The van der Waals surface area contributed by atoms with Crippen molar-refractivity contribution >= 4 is 12.7 Å². The second kappa shape index (κ2) is 6.61. The fourth-order valence-electron chi connectivity index (χ4n) is 2.76. The van der Waals surface area contributed by atoms with Gasteiger partial charge in [-0.25, -0.2) is 0 Å². The predicted octanol–water partition coefficient (Wildman–Crippen LogP) is 3.16. The number of hydrogen-bond donors (Lipinski definition) is 3. The third kappa shape index (κ3) is 3.43. The van der Waals surface area contributed by atoms with Crippen LogP contribution in [0.15, 0.2) is 66.9 Å². The van der Waals surface area contributed by atoms with Crippen LogP contribution in [0.4, 0.5) is 0 Å². The van der Waals surface area contributed by atoms with Crippen LogP contribution in [0.3, 0.4) is 0 Å². The van der Waals surface area contributed by atoms with Gasteiger partial charge in [0.05, 0.1) is 17.1 Å². The van der Waals surface area contributed by atoms with Gasteiger partial charge in [-0.2, -0.15) is 0 Å². The van der Waals surface area contributed by atoms with Gasteiger partial charge < -0.3 is 19.7 Å². The number of rotatable bonds is 5. The second-order valence-corrected chi connectivity index (χ2v) is 5.90. The van der Waals surface area contributed by atoms with E-state index in [0.717, 1.165) is 39.1 Å². The number of H-pyrrole nitrogens is 3. The zero-order valence-corrected chi connectivity index (χ0v) is 13.8. The third-order valence-corrected chi connectivity index (χ3v) is 4.00. The van der Waals surface area contributed by atoms with Crippen LogP contribution in [0.1, 0.15) is 11.3 Å². The first-order valence-electron chi connectivity index (χ1n) is 8.17. The highest BCUT2D eigenvalue weighted by atomic mass is 16.5. The molecule has 3 heterocycles. The van der Waals surface area contributed by atoms with Crippen LogP contribution in [-0.2, 0) is 6.61 Å². The predicted molar refractivity (Wildman–Crippen MR) is 100 cm³/mol. The van der Waals surface area contributed by atoms with Gasteiger partial charge >= 0.3 is 0 Å². The monoisotopic (exact) mass is 329 g/mol. The lowest BCUT2D eigenvalue weighted by atomic mass is 10.2. The average Bonchev–Trinajstić information content (AvgIpc) is 3.36. The molecule has 0 amide bonds. The summed E-state index contributed by atoms with van der Waals surface area (Å²) >= 11 is 0. The van der Waals surface area contributed by atoms with E-state index in [1.807, 2.05) is 60.8 Å². The van der Waals surface area contributed by atoms with Gasteiger partial charge in [0.15, 0.2) is 0 Å². The molecule has 3 N–H and O–H groups in total. The molecule has 4 rings (SSSR count). The number of nitrogens with one attached hydrogen (secondary N) is 3. The van der Waals surface area contributed by atoms with Crippen molar-refractivity contribution in [3.05, 3.63) is 88.8 Å². The molecule has 4 heteroatoms. The maximum absolute atomic E-state index is 6.08. The fraction of sp³-hybridized carbons (Fsp3) is 0.0476. The lowest BCUT2D eigenvalue weighted by molar-refractivity contribution is 0.306. The quantitative estimate of drug-likeness (QED) is 0.517. The molecule has 0 radical (unpaired) electrons. The molecule has 1 aromatic carbocycles. The number of ether oxygens (including phenoxy) is 1. The Balaban J connectivity index is 1.69. The molecule has 4 nitrogen and oxygen atoms in total. The van der Waals surface area contributed by atoms with Crippen LogP contribution in [0.25, 0.3) is 24.0 Å². The van der Waals surface area contributed by atoms with E-state index in [2.05, 4.69) is 33.7 Å². The van der Waals surface area contributed by atoms with E-state index in [0.29, 0.717) is 6.61 Å². The molecule has 0 aliphatic carbocycles. The molecule has 0 saturated carbocycles. The topological polar surface area (TPSA) is 56.6 Å². The Morgan fingerprint density at radius 2 is 1.80 bits per heavy atom. The van der Waals surface area contributed by atoms with Crippen molar-refractivity contribution in [3.8, 4) is 17.1 Å². The van der Waals surface area contributed by atoms with Gasteiger partial charge in [-0.15, -0.1) is 0 Å². The summed E-state index contributed by atoms with van der Waals surface area (Å²) in [6.45, 7) is 4.43. The number of aromatic amines is 3. The van der Waals surface area contributed by atoms with Crippen LogP contribution < -0.4 is 15.4 Å². The minimum Gasteiger partial charge on any atom is -0.487 e. The summed E-state index contributed by atoms with van der Waals surface area (Å²) in [7, 11) is 0. The SMILES string of the molecule is C=c1ccc(=Cc2[nH]c(-c3ccc[nH]3)cc2OCc2ccccc2)[nH]1. The first kappa shape index (κ1) is 15.1. The molecule has 0 spiro atoms. The maximum Gasteiger partial charge on any atom is 0.145 e. The number of hydrogen-bond acceptors (Lipinski definition) is 1. The Morgan fingerprint density at radius 1 is 0.920 bits per heavy atom. The smallest absolute Gasteiger partial charge is 0.145 e. The molecule has 124 valence electrons. The molecule has 0 bridgehead atoms. The van der Waals surface area contributed by atoms with Gasteiger partial charge in [0, 0.05) is 23.0 Å². The molecular formula is C21H19N3O. The molecule has 0 atom stereocenters. The van der Waals surface area contributed by atoms with Crippen molar-refractivity contribution in [1.29, 1.82) is 0 Å². The van der Waals surface area contributed by atoms with Gasteiger partial charge in [-0.3, -0.25) is 0 Å². The standard InChI is InChI=1S/C21H19N3O/c1-15-9-10-17(23-15)12-20-21(25-14-16-6-3-2-4-7-16)13-19(24-20)18-8-5-11-22-18/h2-13,22-24H,1,14H2. The van der Waals surface area contributed by atoms with E-state index in [4.69, 9.17) is 4.74 Å². The summed E-state index contributed by atoms with van der Waals surface area (Å²) in [5.41, 5.74) is 4.06. The van der Waals surface area contributed by atoms with Gasteiger partial charge in [-0.05, 0) is 35.9 Å². The van der Waals surface area contributed by atoms with Crippen LogP contribution in [-0.4, -0.2) is 15.0 Å². The highest BCUT2D eigenvalue weighted by Gasteiger charge is 2.10. The third-order valence-electron chi connectivity index (χ3n) is 4.00. The average molecular weight is 329 g/mol.